The van der Waals surface area contributed by atoms with Gasteiger partial charge in [0.2, 0.25) is 0 Å². The highest BCUT2D eigenvalue weighted by molar-refractivity contribution is 6.33. The number of morpholine rings is 1. The first-order valence-electron chi connectivity index (χ1n) is 6.61. The molecule has 1 aromatic rings. The fourth-order valence-corrected chi connectivity index (χ4v) is 2.51. The molecule has 0 saturated carbocycles. The summed E-state index contributed by atoms with van der Waals surface area (Å²) in [6, 6.07) is 4.08. The molecule has 0 bridgehead atoms. The van der Waals surface area contributed by atoms with Crippen molar-refractivity contribution in [2.45, 2.75) is 26.1 Å². The number of hydrogen-bond donors (Lipinski definition) is 2. The third-order valence-electron chi connectivity index (χ3n) is 3.15. The van der Waals surface area contributed by atoms with Gasteiger partial charge in [-0.05, 0) is 32.0 Å². The fraction of sp³-hybridized carbons (Fsp3) is 0.429. The SMILES string of the molecule is C[C@@H]1CN(C(=O)Nc2ccc(Cl)c(C(=O)O)c2)C[C@H](C)O1. The van der Waals surface area contributed by atoms with Gasteiger partial charge in [-0.3, -0.25) is 0 Å². The van der Waals surface area contributed by atoms with Gasteiger partial charge in [-0.2, -0.15) is 0 Å². The number of carbonyl (C=O) groups is 2. The summed E-state index contributed by atoms with van der Waals surface area (Å²) in [7, 11) is 0. The summed E-state index contributed by atoms with van der Waals surface area (Å²) in [6.45, 7) is 4.80. The molecule has 6 nitrogen and oxygen atoms in total. The minimum Gasteiger partial charge on any atom is -0.478 e. The Morgan fingerprint density at radius 3 is 2.52 bits per heavy atom. The number of amides is 2. The van der Waals surface area contributed by atoms with Gasteiger partial charge in [0.15, 0.2) is 0 Å². The number of urea groups is 1. The molecule has 1 aliphatic heterocycles. The van der Waals surface area contributed by atoms with Gasteiger partial charge in [-0.1, -0.05) is 11.6 Å². The fourth-order valence-electron chi connectivity index (χ4n) is 2.31. The van der Waals surface area contributed by atoms with E-state index in [1.807, 2.05) is 13.8 Å². The van der Waals surface area contributed by atoms with E-state index in [0.717, 1.165) is 0 Å². The molecule has 0 spiro atoms. The summed E-state index contributed by atoms with van der Waals surface area (Å²) in [5.41, 5.74) is 0.353. The molecule has 2 rings (SSSR count). The van der Waals surface area contributed by atoms with E-state index in [4.69, 9.17) is 21.4 Å². The van der Waals surface area contributed by atoms with E-state index in [9.17, 15) is 9.59 Å². The Morgan fingerprint density at radius 1 is 1.33 bits per heavy atom. The molecular formula is C14H17ClN2O4. The quantitative estimate of drug-likeness (QED) is 0.880. The van der Waals surface area contributed by atoms with Crippen LogP contribution in [-0.2, 0) is 4.74 Å². The highest BCUT2D eigenvalue weighted by Crippen LogP contribution is 2.21. The standard InChI is InChI=1S/C14H17ClN2O4/c1-8-6-17(7-9(2)21-8)14(20)16-10-3-4-12(15)11(5-10)13(18)19/h3-5,8-9H,6-7H2,1-2H3,(H,16,20)(H,18,19)/t8-,9+. The normalized spacial score (nSPS) is 22.0. The molecule has 7 heteroatoms. The Morgan fingerprint density at radius 2 is 1.95 bits per heavy atom. The van der Waals surface area contributed by atoms with Crippen LogP contribution < -0.4 is 5.32 Å². The first-order chi connectivity index (χ1) is 9.86. The molecule has 21 heavy (non-hydrogen) atoms. The summed E-state index contributed by atoms with van der Waals surface area (Å²) < 4.78 is 5.57. The van der Waals surface area contributed by atoms with Crippen LogP contribution in [0.2, 0.25) is 5.02 Å². The van der Waals surface area contributed by atoms with Crippen LogP contribution in [-0.4, -0.2) is 47.3 Å². The van der Waals surface area contributed by atoms with E-state index in [1.54, 1.807) is 11.0 Å². The number of carboxylic acid groups (broad SMARTS) is 1. The average molecular weight is 313 g/mol. The van der Waals surface area contributed by atoms with Crippen LogP contribution in [0.25, 0.3) is 0 Å². The predicted molar refractivity (Wildman–Crippen MR) is 79.0 cm³/mol. The third-order valence-corrected chi connectivity index (χ3v) is 3.48. The largest absolute Gasteiger partial charge is 0.478 e. The van der Waals surface area contributed by atoms with Crippen molar-refractivity contribution in [2.24, 2.45) is 0 Å². The van der Waals surface area contributed by atoms with Gasteiger partial charge in [0, 0.05) is 18.8 Å². The maximum Gasteiger partial charge on any atom is 0.337 e. The van der Waals surface area contributed by atoms with Gasteiger partial charge < -0.3 is 20.1 Å². The Labute approximate surface area is 127 Å². The lowest BCUT2D eigenvalue weighted by Gasteiger charge is -2.35. The van der Waals surface area contributed by atoms with Crippen LogP contribution in [0.3, 0.4) is 0 Å². The van der Waals surface area contributed by atoms with E-state index >= 15 is 0 Å². The molecule has 0 aromatic heterocycles. The summed E-state index contributed by atoms with van der Waals surface area (Å²) in [5, 5.41) is 11.8. The van der Waals surface area contributed by atoms with E-state index in [0.29, 0.717) is 18.8 Å². The van der Waals surface area contributed by atoms with Gasteiger partial charge in [0.1, 0.15) is 0 Å². The lowest BCUT2D eigenvalue weighted by atomic mass is 10.2. The molecule has 1 saturated heterocycles. The van der Waals surface area contributed by atoms with Gasteiger partial charge in [0.25, 0.3) is 0 Å². The van der Waals surface area contributed by atoms with Crippen molar-refractivity contribution in [1.29, 1.82) is 0 Å². The maximum absolute atomic E-state index is 12.2. The molecule has 1 aromatic carbocycles. The molecule has 2 N–H and O–H groups in total. The number of hydrogen-bond acceptors (Lipinski definition) is 3. The van der Waals surface area contributed by atoms with Gasteiger partial charge in [-0.25, -0.2) is 9.59 Å². The number of benzene rings is 1. The molecule has 1 heterocycles. The monoisotopic (exact) mass is 312 g/mol. The molecule has 1 fully saturated rings. The van der Waals surface area contributed by atoms with Crippen molar-refractivity contribution in [3.8, 4) is 0 Å². The number of nitrogens with one attached hydrogen (secondary N) is 1. The number of anilines is 1. The van der Waals surface area contributed by atoms with E-state index < -0.39 is 5.97 Å². The summed E-state index contributed by atoms with van der Waals surface area (Å²) in [6.07, 6.45) is -0.0569. The molecular weight excluding hydrogens is 296 g/mol. The zero-order chi connectivity index (χ0) is 15.6. The number of nitrogens with zero attached hydrogens (tertiary/aromatic N) is 1. The first-order valence-corrected chi connectivity index (χ1v) is 6.99. The topological polar surface area (TPSA) is 78.9 Å². The Hall–Kier alpha value is -1.79. The molecule has 0 unspecified atom stereocenters. The van der Waals surface area contributed by atoms with Crippen LogP contribution in [0.4, 0.5) is 10.5 Å². The van der Waals surface area contributed by atoms with Crippen LogP contribution in [0.1, 0.15) is 24.2 Å². The number of rotatable bonds is 2. The van der Waals surface area contributed by atoms with E-state index in [-0.39, 0.29) is 28.8 Å². The van der Waals surface area contributed by atoms with Crippen molar-refractivity contribution in [3.63, 3.8) is 0 Å². The first kappa shape index (κ1) is 15.6. The highest BCUT2D eigenvalue weighted by Gasteiger charge is 2.26. The molecule has 2 amide bonds. The molecule has 0 radical (unpaired) electrons. The number of aromatic carboxylic acids is 1. The zero-order valence-electron chi connectivity index (χ0n) is 11.8. The van der Waals surface area contributed by atoms with Gasteiger partial charge >= 0.3 is 12.0 Å². The number of carboxylic acids is 1. The van der Waals surface area contributed by atoms with Gasteiger partial charge in [-0.15, -0.1) is 0 Å². The maximum atomic E-state index is 12.2. The smallest absolute Gasteiger partial charge is 0.337 e. The van der Waals surface area contributed by atoms with Crippen LogP contribution in [0.15, 0.2) is 18.2 Å². The van der Waals surface area contributed by atoms with Crippen LogP contribution in [0.5, 0.6) is 0 Å². The van der Waals surface area contributed by atoms with Crippen molar-refractivity contribution in [3.05, 3.63) is 28.8 Å². The number of carbonyl (C=O) groups excluding carboxylic acids is 1. The Balaban J connectivity index is 2.09. The Bertz CT molecular complexity index is 554. The van der Waals surface area contributed by atoms with Crippen molar-refractivity contribution >= 4 is 29.3 Å². The minimum absolute atomic E-state index is 0.0284. The predicted octanol–water partition coefficient (Wildman–Crippen LogP) is 2.68. The second-order valence-electron chi connectivity index (χ2n) is 5.09. The van der Waals surface area contributed by atoms with Crippen molar-refractivity contribution < 1.29 is 19.4 Å². The van der Waals surface area contributed by atoms with Crippen molar-refractivity contribution in [1.82, 2.24) is 4.90 Å². The van der Waals surface area contributed by atoms with Crippen molar-refractivity contribution in [2.75, 3.05) is 18.4 Å². The van der Waals surface area contributed by atoms with E-state index in [1.165, 1.54) is 12.1 Å². The molecule has 2 atom stereocenters. The number of halogens is 1. The second-order valence-corrected chi connectivity index (χ2v) is 5.50. The lowest BCUT2D eigenvalue weighted by molar-refractivity contribution is -0.0530. The molecule has 1 aliphatic rings. The third kappa shape index (κ3) is 3.86. The van der Waals surface area contributed by atoms with Crippen LogP contribution >= 0.6 is 11.6 Å². The zero-order valence-corrected chi connectivity index (χ0v) is 12.6. The number of ether oxygens (including phenoxy) is 1. The summed E-state index contributed by atoms with van der Waals surface area (Å²) >= 11 is 5.79. The minimum atomic E-state index is -1.13. The molecule has 114 valence electrons. The second kappa shape index (κ2) is 6.32. The van der Waals surface area contributed by atoms with Gasteiger partial charge in [0.05, 0.1) is 22.8 Å². The highest BCUT2D eigenvalue weighted by atomic mass is 35.5. The summed E-state index contributed by atoms with van der Waals surface area (Å²) in [4.78, 5) is 24.9. The lowest BCUT2D eigenvalue weighted by Crippen LogP contribution is -2.49. The Kier molecular flexibility index (Phi) is 4.69. The van der Waals surface area contributed by atoms with E-state index in [2.05, 4.69) is 5.32 Å². The average Bonchev–Trinajstić information content (AvgIpc) is 2.39. The summed E-state index contributed by atoms with van der Waals surface area (Å²) in [5.74, 6) is -1.13. The molecule has 0 aliphatic carbocycles. The van der Waals surface area contributed by atoms with Crippen LogP contribution in [0, 0.1) is 0 Å².